The Bertz CT molecular complexity index is 622. The first-order valence-electron chi connectivity index (χ1n) is 5.43. The van der Waals surface area contributed by atoms with Crippen molar-refractivity contribution < 1.29 is 19.1 Å². The fraction of sp³-hybridized carbons (Fsp3) is 0.308. The molecular formula is C13H12O4. The van der Waals surface area contributed by atoms with Gasteiger partial charge in [0.05, 0.1) is 0 Å². The molecule has 1 aliphatic heterocycles. The highest BCUT2D eigenvalue weighted by Gasteiger charge is 2.33. The van der Waals surface area contributed by atoms with Crippen molar-refractivity contribution in [2.24, 2.45) is 0 Å². The van der Waals surface area contributed by atoms with Crippen molar-refractivity contribution in [1.29, 1.82) is 0 Å². The van der Waals surface area contributed by atoms with Gasteiger partial charge in [0.25, 0.3) is 0 Å². The van der Waals surface area contributed by atoms with Gasteiger partial charge >= 0.3 is 5.97 Å². The van der Waals surface area contributed by atoms with E-state index in [9.17, 15) is 4.79 Å². The van der Waals surface area contributed by atoms with Gasteiger partial charge in [-0.1, -0.05) is 6.07 Å². The Kier molecular flexibility index (Phi) is 1.82. The van der Waals surface area contributed by atoms with Crippen molar-refractivity contribution in [2.45, 2.75) is 25.9 Å². The average molecular weight is 232 g/mol. The van der Waals surface area contributed by atoms with E-state index in [0.717, 1.165) is 12.0 Å². The van der Waals surface area contributed by atoms with Crippen molar-refractivity contribution in [2.75, 3.05) is 0 Å². The molecule has 0 atom stereocenters. The van der Waals surface area contributed by atoms with Crippen LogP contribution in [0.3, 0.4) is 0 Å². The first kappa shape index (κ1) is 10.2. The smallest absolute Gasteiger partial charge is 0.339 e. The highest BCUT2D eigenvalue weighted by molar-refractivity contribution is 6.04. The minimum Gasteiger partial charge on any atom is -0.483 e. The molecule has 1 N–H and O–H groups in total. The minimum absolute atomic E-state index is 0.177. The molecule has 0 aliphatic carbocycles. The quantitative estimate of drug-likeness (QED) is 0.821. The van der Waals surface area contributed by atoms with Crippen LogP contribution < -0.4 is 4.74 Å². The molecule has 4 nitrogen and oxygen atoms in total. The van der Waals surface area contributed by atoms with E-state index in [1.807, 2.05) is 19.9 Å². The lowest BCUT2D eigenvalue weighted by atomic mass is 10.0. The third-order valence-corrected chi connectivity index (χ3v) is 3.00. The van der Waals surface area contributed by atoms with E-state index in [4.69, 9.17) is 14.3 Å². The number of rotatable bonds is 1. The number of ether oxygens (including phenoxy) is 1. The second-order valence-electron chi connectivity index (χ2n) is 4.92. The average Bonchev–Trinajstić information content (AvgIpc) is 2.75. The number of hydrogen-bond acceptors (Lipinski definition) is 3. The molecule has 0 radical (unpaired) electrons. The number of hydrogen-bond donors (Lipinski definition) is 1. The lowest BCUT2D eigenvalue weighted by molar-refractivity contribution is 0.0698. The van der Waals surface area contributed by atoms with Crippen LogP contribution in [0, 0.1) is 0 Å². The summed E-state index contributed by atoms with van der Waals surface area (Å²) in [6, 6.07) is 3.69. The highest BCUT2D eigenvalue weighted by atomic mass is 16.5. The zero-order chi connectivity index (χ0) is 12.2. The first-order chi connectivity index (χ1) is 7.98. The SMILES string of the molecule is CC1(C)Cc2ccc3c(C(=O)O)coc3c2O1. The van der Waals surface area contributed by atoms with Gasteiger partial charge < -0.3 is 14.3 Å². The molecule has 88 valence electrons. The second-order valence-corrected chi connectivity index (χ2v) is 4.92. The fourth-order valence-electron chi connectivity index (χ4n) is 2.30. The van der Waals surface area contributed by atoms with Crippen molar-refractivity contribution >= 4 is 16.9 Å². The van der Waals surface area contributed by atoms with Crippen LogP contribution >= 0.6 is 0 Å². The maximum absolute atomic E-state index is 11.0. The molecule has 2 aromatic rings. The number of fused-ring (bicyclic) bond motifs is 3. The predicted molar refractivity (Wildman–Crippen MR) is 61.6 cm³/mol. The molecule has 0 fully saturated rings. The van der Waals surface area contributed by atoms with Crippen molar-refractivity contribution in [1.82, 2.24) is 0 Å². The lowest BCUT2D eigenvalue weighted by Gasteiger charge is -2.16. The molecule has 0 amide bonds. The predicted octanol–water partition coefficient (Wildman–Crippen LogP) is 2.84. The summed E-state index contributed by atoms with van der Waals surface area (Å²) in [6.45, 7) is 4.00. The maximum Gasteiger partial charge on any atom is 0.339 e. The topological polar surface area (TPSA) is 59.7 Å². The minimum atomic E-state index is -0.985. The van der Waals surface area contributed by atoms with E-state index in [-0.39, 0.29) is 11.2 Å². The summed E-state index contributed by atoms with van der Waals surface area (Å²) in [5, 5.41) is 9.61. The second kappa shape index (κ2) is 3.03. The molecule has 4 heteroatoms. The van der Waals surface area contributed by atoms with Gasteiger partial charge in [0, 0.05) is 17.4 Å². The number of carboxylic acids is 1. The van der Waals surface area contributed by atoms with E-state index < -0.39 is 5.97 Å². The van der Waals surface area contributed by atoms with Crippen molar-refractivity contribution in [3.63, 3.8) is 0 Å². The molecule has 1 aromatic carbocycles. The number of furan rings is 1. The standard InChI is InChI=1S/C13H12O4/c1-13(2)5-7-3-4-8-9(12(14)15)6-16-11(8)10(7)17-13/h3-4,6H,5H2,1-2H3,(H,14,15). The summed E-state index contributed by atoms with van der Waals surface area (Å²) in [4.78, 5) is 11.0. The monoisotopic (exact) mass is 232 g/mol. The van der Waals surface area contributed by atoms with Gasteiger partial charge in [-0.2, -0.15) is 0 Å². The molecule has 0 spiro atoms. The number of benzene rings is 1. The van der Waals surface area contributed by atoms with Crippen LogP contribution in [-0.4, -0.2) is 16.7 Å². The summed E-state index contributed by atoms with van der Waals surface area (Å²) in [7, 11) is 0. The van der Waals surface area contributed by atoms with Crippen LogP contribution in [0.5, 0.6) is 5.75 Å². The van der Waals surface area contributed by atoms with Gasteiger partial charge in [-0.15, -0.1) is 0 Å². The fourth-order valence-corrected chi connectivity index (χ4v) is 2.30. The van der Waals surface area contributed by atoms with Gasteiger partial charge in [-0.25, -0.2) is 4.79 Å². The molecule has 0 unspecified atom stereocenters. The summed E-state index contributed by atoms with van der Waals surface area (Å²) in [6.07, 6.45) is 2.07. The van der Waals surface area contributed by atoms with E-state index >= 15 is 0 Å². The Labute approximate surface area is 97.8 Å². The van der Waals surface area contributed by atoms with Crippen LogP contribution in [0.1, 0.15) is 29.8 Å². The zero-order valence-corrected chi connectivity index (χ0v) is 9.61. The third-order valence-electron chi connectivity index (χ3n) is 3.00. The summed E-state index contributed by atoms with van der Waals surface area (Å²) in [5.41, 5.74) is 1.52. The van der Waals surface area contributed by atoms with E-state index in [2.05, 4.69) is 0 Å². The van der Waals surface area contributed by atoms with E-state index in [1.165, 1.54) is 6.26 Å². The largest absolute Gasteiger partial charge is 0.483 e. The highest BCUT2D eigenvalue weighted by Crippen LogP contribution is 2.41. The Morgan fingerprint density at radius 3 is 2.88 bits per heavy atom. The van der Waals surface area contributed by atoms with Crippen molar-refractivity contribution in [3.8, 4) is 5.75 Å². The number of aromatic carboxylic acids is 1. The summed E-state index contributed by atoms with van der Waals surface area (Å²) in [5.74, 6) is -0.305. The van der Waals surface area contributed by atoms with Crippen LogP contribution in [0.4, 0.5) is 0 Å². The zero-order valence-electron chi connectivity index (χ0n) is 9.61. The molecular weight excluding hydrogens is 220 g/mol. The van der Waals surface area contributed by atoms with Gasteiger partial charge in [0.2, 0.25) is 0 Å². The Morgan fingerprint density at radius 2 is 2.18 bits per heavy atom. The Hall–Kier alpha value is -1.97. The van der Waals surface area contributed by atoms with Crippen LogP contribution in [0.2, 0.25) is 0 Å². The van der Waals surface area contributed by atoms with Crippen molar-refractivity contribution in [3.05, 3.63) is 29.5 Å². The molecule has 1 aliphatic rings. The van der Waals surface area contributed by atoms with Gasteiger partial charge in [0.1, 0.15) is 17.4 Å². The summed E-state index contributed by atoms with van der Waals surface area (Å²) >= 11 is 0. The number of carboxylic acid groups (broad SMARTS) is 1. The van der Waals surface area contributed by atoms with E-state index in [1.54, 1.807) is 6.07 Å². The Balaban J connectivity index is 2.26. The normalized spacial score (nSPS) is 16.8. The van der Waals surface area contributed by atoms with Gasteiger partial charge in [-0.05, 0) is 19.9 Å². The van der Waals surface area contributed by atoms with Gasteiger partial charge in [-0.3, -0.25) is 0 Å². The first-order valence-corrected chi connectivity index (χ1v) is 5.43. The molecule has 2 heterocycles. The Morgan fingerprint density at radius 1 is 1.41 bits per heavy atom. The lowest BCUT2D eigenvalue weighted by Crippen LogP contribution is -2.24. The van der Waals surface area contributed by atoms with Crippen LogP contribution in [0.15, 0.2) is 22.8 Å². The van der Waals surface area contributed by atoms with Gasteiger partial charge in [0.15, 0.2) is 11.3 Å². The third kappa shape index (κ3) is 1.40. The molecule has 3 rings (SSSR count). The maximum atomic E-state index is 11.0. The van der Waals surface area contributed by atoms with Crippen LogP contribution in [-0.2, 0) is 6.42 Å². The van der Waals surface area contributed by atoms with E-state index in [0.29, 0.717) is 16.7 Å². The molecule has 0 saturated carbocycles. The molecule has 0 bridgehead atoms. The summed E-state index contributed by atoms with van der Waals surface area (Å²) < 4.78 is 11.2. The number of carbonyl (C=O) groups is 1. The molecule has 17 heavy (non-hydrogen) atoms. The molecule has 1 aromatic heterocycles. The molecule has 0 saturated heterocycles. The van der Waals surface area contributed by atoms with Crippen LogP contribution in [0.25, 0.3) is 11.0 Å².